The molecule has 1 heterocycles. The van der Waals surface area contributed by atoms with Crippen molar-refractivity contribution >= 4 is 10.8 Å². The zero-order chi connectivity index (χ0) is 26.7. The van der Waals surface area contributed by atoms with Crippen LogP contribution in [0.15, 0.2) is 152 Å². The number of aromatic nitrogens is 3. The van der Waals surface area contributed by atoms with Crippen LogP contribution in [-0.2, 0) is 0 Å². The Morgan fingerprint density at radius 1 is 0.250 bits per heavy atom. The summed E-state index contributed by atoms with van der Waals surface area (Å²) in [4.78, 5) is 14.8. The molecule has 0 amide bonds. The van der Waals surface area contributed by atoms with Gasteiger partial charge in [-0.3, -0.25) is 0 Å². The molecule has 40 heavy (non-hydrogen) atoms. The van der Waals surface area contributed by atoms with E-state index in [1.54, 1.807) is 0 Å². The van der Waals surface area contributed by atoms with Gasteiger partial charge in [0.1, 0.15) is 0 Å². The summed E-state index contributed by atoms with van der Waals surface area (Å²) in [5, 5.41) is 2.34. The predicted octanol–water partition coefficient (Wildman–Crippen LogP) is 9.36. The highest BCUT2D eigenvalue weighted by Crippen LogP contribution is 2.29. The lowest BCUT2D eigenvalue weighted by Crippen LogP contribution is -2.00. The van der Waals surface area contributed by atoms with E-state index in [0.717, 1.165) is 33.2 Å². The van der Waals surface area contributed by atoms with Crippen LogP contribution < -0.4 is 0 Å². The van der Waals surface area contributed by atoms with E-state index in [1.165, 1.54) is 16.5 Å². The Morgan fingerprint density at radius 2 is 0.600 bits per heavy atom. The van der Waals surface area contributed by atoms with E-state index in [-0.39, 0.29) is 0 Å². The molecule has 0 fully saturated rings. The summed E-state index contributed by atoms with van der Waals surface area (Å²) in [6.07, 6.45) is 0. The summed E-state index contributed by atoms with van der Waals surface area (Å²) >= 11 is 0. The smallest absolute Gasteiger partial charge is 0.164 e. The van der Waals surface area contributed by atoms with Gasteiger partial charge in [-0.2, -0.15) is 0 Å². The minimum Gasteiger partial charge on any atom is -0.208 e. The van der Waals surface area contributed by atoms with Crippen molar-refractivity contribution in [2.24, 2.45) is 0 Å². The summed E-state index contributed by atoms with van der Waals surface area (Å²) in [5.74, 6) is 1.96. The molecule has 0 atom stereocenters. The third kappa shape index (κ3) is 4.77. The van der Waals surface area contributed by atoms with Gasteiger partial charge in [0, 0.05) is 16.7 Å². The molecule has 3 nitrogen and oxygen atoms in total. The fourth-order valence-corrected chi connectivity index (χ4v) is 4.98. The Morgan fingerprint density at radius 3 is 1.10 bits per heavy atom. The van der Waals surface area contributed by atoms with Gasteiger partial charge in [-0.15, -0.1) is 0 Å². The highest BCUT2D eigenvalue weighted by atomic mass is 15.0. The van der Waals surface area contributed by atoms with Gasteiger partial charge in [0.15, 0.2) is 17.5 Å². The molecule has 7 rings (SSSR count). The van der Waals surface area contributed by atoms with Gasteiger partial charge >= 0.3 is 0 Å². The maximum absolute atomic E-state index is 4.95. The molecular weight excluding hydrogens is 486 g/mol. The van der Waals surface area contributed by atoms with Gasteiger partial charge in [0.25, 0.3) is 0 Å². The second-order valence-electron chi connectivity index (χ2n) is 9.75. The molecule has 0 unspecified atom stereocenters. The first-order chi connectivity index (χ1) is 19.8. The summed E-state index contributed by atoms with van der Waals surface area (Å²) in [7, 11) is 0. The summed E-state index contributed by atoms with van der Waals surface area (Å²) in [6, 6.07) is 52.3. The number of benzene rings is 6. The van der Waals surface area contributed by atoms with Crippen LogP contribution in [0.4, 0.5) is 0 Å². The molecule has 3 heteroatoms. The average molecular weight is 512 g/mol. The van der Waals surface area contributed by atoms with Gasteiger partial charge in [-0.25, -0.2) is 15.0 Å². The summed E-state index contributed by atoms with van der Waals surface area (Å²) in [6.45, 7) is 0. The molecule has 0 saturated heterocycles. The fourth-order valence-electron chi connectivity index (χ4n) is 4.98. The Kier molecular flexibility index (Phi) is 6.15. The van der Waals surface area contributed by atoms with Crippen molar-refractivity contribution in [3.63, 3.8) is 0 Å². The molecular formula is C37H25N3. The Bertz CT molecular complexity index is 1810. The first-order valence-electron chi connectivity index (χ1n) is 13.4. The Labute approximate surface area is 233 Å². The maximum atomic E-state index is 4.95. The first-order valence-corrected chi connectivity index (χ1v) is 13.4. The highest BCUT2D eigenvalue weighted by molar-refractivity contribution is 5.86. The molecule has 6 aromatic carbocycles. The van der Waals surface area contributed by atoms with Crippen molar-refractivity contribution < 1.29 is 0 Å². The molecule has 0 aliphatic rings. The van der Waals surface area contributed by atoms with Gasteiger partial charge in [-0.1, -0.05) is 146 Å². The third-order valence-corrected chi connectivity index (χ3v) is 7.14. The van der Waals surface area contributed by atoms with Crippen LogP contribution in [0.25, 0.3) is 67.2 Å². The van der Waals surface area contributed by atoms with Gasteiger partial charge in [0.05, 0.1) is 0 Å². The molecule has 188 valence electrons. The van der Waals surface area contributed by atoms with Crippen molar-refractivity contribution in [2.45, 2.75) is 0 Å². The number of hydrogen-bond acceptors (Lipinski definition) is 3. The zero-order valence-corrected chi connectivity index (χ0v) is 21.8. The Balaban J connectivity index is 1.33. The van der Waals surface area contributed by atoms with Crippen LogP contribution in [-0.4, -0.2) is 15.0 Å². The Hall–Kier alpha value is -5.41. The molecule has 0 bridgehead atoms. The van der Waals surface area contributed by atoms with Crippen LogP contribution in [0.1, 0.15) is 0 Å². The SMILES string of the molecule is c1ccc(-c2ccc(-c3nc(-c4ccc(-c5ccccc5)cc4)nc(-c4ccc5ccccc5c4)n3)cc2)cc1. The second-order valence-corrected chi connectivity index (χ2v) is 9.75. The van der Waals surface area contributed by atoms with Crippen molar-refractivity contribution in [1.29, 1.82) is 0 Å². The minimum absolute atomic E-state index is 0.653. The van der Waals surface area contributed by atoms with Crippen molar-refractivity contribution in [1.82, 2.24) is 15.0 Å². The molecule has 0 radical (unpaired) electrons. The van der Waals surface area contributed by atoms with E-state index in [9.17, 15) is 0 Å². The van der Waals surface area contributed by atoms with Crippen molar-refractivity contribution in [3.8, 4) is 56.4 Å². The predicted molar refractivity (Wildman–Crippen MR) is 165 cm³/mol. The van der Waals surface area contributed by atoms with Crippen LogP contribution in [0.2, 0.25) is 0 Å². The molecule has 0 aliphatic carbocycles. The zero-order valence-electron chi connectivity index (χ0n) is 21.8. The minimum atomic E-state index is 0.653. The number of fused-ring (bicyclic) bond motifs is 1. The molecule has 0 aliphatic heterocycles. The van der Waals surface area contributed by atoms with Crippen LogP contribution in [0, 0.1) is 0 Å². The quantitative estimate of drug-likeness (QED) is 0.231. The lowest BCUT2D eigenvalue weighted by Gasteiger charge is -2.10. The topological polar surface area (TPSA) is 38.7 Å². The standard InChI is InChI=1S/C37H25N3/c1-3-9-26(10-4-1)29-15-20-31(21-16-29)35-38-36(32-22-17-30(18-23-32)27-11-5-2-6-12-27)40-37(39-35)34-24-19-28-13-7-8-14-33(28)25-34/h1-25H. The molecule has 0 N–H and O–H groups in total. The third-order valence-electron chi connectivity index (χ3n) is 7.14. The normalized spacial score (nSPS) is 11.0. The number of hydrogen-bond donors (Lipinski definition) is 0. The van der Waals surface area contributed by atoms with Crippen LogP contribution in [0.5, 0.6) is 0 Å². The van der Waals surface area contributed by atoms with Gasteiger partial charge in [0.2, 0.25) is 0 Å². The molecule has 7 aromatic rings. The highest BCUT2D eigenvalue weighted by Gasteiger charge is 2.13. The first kappa shape index (κ1) is 23.7. The monoisotopic (exact) mass is 511 g/mol. The van der Waals surface area contributed by atoms with Gasteiger partial charge < -0.3 is 0 Å². The second kappa shape index (κ2) is 10.4. The van der Waals surface area contributed by atoms with E-state index >= 15 is 0 Å². The van der Waals surface area contributed by atoms with E-state index < -0.39 is 0 Å². The van der Waals surface area contributed by atoms with E-state index in [1.807, 2.05) is 12.1 Å². The van der Waals surface area contributed by atoms with Crippen molar-refractivity contribution in [2.75, 3.05) is 0 Å². The van der Waals surface area contributed by atoms with E-state index in [2.05, 4.69) is 140 Å². The maximum Gasteiger partial charge on any atom is 0.164 e. The van der Waals surface area contributed by atoms with Crippen molar-refractivity contribution in [3.05, 3.63) is 152 Å². The van der Waals surface area contributed by atoms with Crippen LogP contribution in [0.3, 0.4) is 0 Å². The lowest BCUT2D eigenvalue weighted by molar-refractivity contribution is 1.07. The molecule has 0 spiro atoms. The van der Waals surface area contributed by atoms with E-state index in [4.69, 9.17) is 15.0 Å². The summed E-state index contributed by atoms with van der Waals surface area (Å²) in [5.41, 5.74) is 7.54. The van der Waals surface area contributed by atoms with Crippen LogP contribution >= 0.6 is 0 Å². The number of rotatable bonds is 5. The fraction of sp³-hybridized carbons (Fsp3) is 0. The molecule has 0 saturated carbocycles. The lowest BCUT2D eigenvalue weighted by atomic mass is 10.0. The van der Waals surface area contributed by atoms with Gasteiger partial charge in [-0.05, 0) is 39.1 Å². The largest absolute Gasteiger partial charge is 0.208 e. The summed E-state index contributed by atoms with van der Waals surface area (Å²) < 4.78 is 0. The molecule has 1 aromatic heterocycles. The average Bonchev–Trinajstić information content (AvgIpc) is 3.05. The van der Waals surface area contributed by atoms with E-state index in [0.29, 0.717) is 17.5 Å². The number of nitrogens with zero attached hydrogens (tertiary/aromatic N) is 3.